The number of aromatic nitrogens is 1. The molecule has 0 spiro atoms. The summed E-state index contributed by atoms with van der Waals surface area (Å²) in [6, 6.07) is 5.75. The van der Waals surface area contributed by atoms with Gasteiger partial charge in [-0.2, -0.15) is 0 Å². The second-order valence-electron chi connectivity index (χ2n) is 8.20. The molecule has 8 heteroatoms. The molecule has 158 valence electrons. The first-order chi connectivity index (χ1) is 14.1. The zero-order valence-corrected chi connectivity index (χ0v) is 17.0. The molecule has 30 heavy (non-hydrogen) atoms. The number of benzene rings is 1. The van der Waals surface area contributed by atoms with Gasteiger partial charge in [0.1, 0.15) is 11.4 Å². The fourth-order valence-electron chi connectivity index (χ4n) is 3.63. The number of hydrogen-bond donors (Lipinski definition) is 2. The molecule has 0 radical (unpaired) electrons. The number of pyridine rings is 1. The number of esters is 1. The number of methoxy groups -OCH3 is 1. The molecule has 0 saturated heterocycles. The molecule has 2 aromatic rings. The van der Waals surface area contributed by atoms with E-state index in [1.165, 1.54) is 37.4 Å². The van der Waals surface area contributed by atoms with Crippen molar-refractivity contribution in [2.75, 3.05) is 7.11 Å². The fourth-order valence-corrected chi connectivity index (χ4v) is 3.63. The van der Waals surface area contributed by atoms with Crippen LogP contribution in [0.4, 0.5) is 4.39 Å². The van der Waals surface area contributed by atoms with E-state index in [1.807, 2.05) is 13.8 Å². The molecule has 1 aromatic carbocycles. The van der Waals surface area contributed by atoms with Crippen molar-refractivity contribution in [2.45, 2.75) is 39.2 Å². The minimum atomic E-state index is -0.837. The maximum absolute atomic E-state index is 13.3. The van der Waals surface area contributed by atoms with Gasteiger partial charge in [-0.15, -0.1) is 0 Å². The quantitative estimate of drug-likeness (QED) is 0.732. The number of ether oxygens (including phenoxy) is 1. The van der Waals surface area contributed by atoms with E-state index in [1.54, 1.807) is 0 Å². The Morgan fingerprint density at radius 2 is 1.87 bits per heavy atom. The number of hydrogen-bond acceptors (Lipinski definition) is 5. The third-order valence-electron chi connectivity index (χ3n) is 5.14. The molecule has 0 bridgehead atoms. The number of ketones is 1. The Bertz CT molecular complexity index is 1060. The van der Waals surface area contributed by atoms with Gasteiger partial charge in [0.2, 0.25) is 0 Å². The molecule has 7 nitrogen and oxygen atoms in total. The standard InChI is InChI=1S/C22H23FN2O5/c1-22(2)10-17-14(18(26)11-22)8-15(21(29)25-17)20(28)24-16(9-19(27)30-3)12-4-6-13(23)7-5-12/h4-8,16H,9-11H2,1-3H3,(H,24,28)(H,25,29). The Labute approximate surface area is 172 Å². The lowest BCUT2D eigenvalue weighted by Gasteiger charge is -2.29. The molecule has 2 N–H and O–H groups in total. The number of aromatic amines is 1. The lowest BCUT2D eigenvalue weighted by atomic mass is 9.75. The van der Waals surface area contributed by atoms with Crippen molar-refractivity contribution in [1.82, 2.24) is 10.3 Å². The summed E-state index contributed by atoms with van der Waals surface area (Å²) in [4.78, 5) is 52.3. The van der Waals surface area contributed by atoms with Crippen LogP contribution in [0.5, 0.6) is 0 Å². The molecule has 1 unspecified atom stereocenters. The Hall–Kier alpha value is -3.29. The number of amides is 1. The van der Waals surface area contributed by atoms with E-state index in [-0.39, 0.29) is 23.2 Å². The summed E-state index contributed by atoms with van der Waals surface area (Å²) < 4.78 is 17.9. The largest absolute Gasteiger partial charge is 0.469 e. The van der Waals surface area contributed by atoms with Crippen molar-refractivity contribution < 1.29 is 23.5 Å². The molecule has 1 amide bonds. The second kappa shape index (κ2) is 8.22. The van der Waals surface area contributed by atoms with Gasteiger partial charge in [0.15, 0.2) is 5.78 Å². The van der Waals surface area contributed by atoms with Gasteiger partial charge in [-0.3, -0.25) is 19.2 Å². The topological polar surface area (TPSA) is 105 Å². The van der Waals surface area contributed by atoms with Crippen LogP contribution in [0.1, 0.15) is 64.7 Å². The van der Waals surface area contributed by atoms with E-state index in [9.17, 15) is 23.6 Å². The molecule has 0 fully saturated rings. The van der Waals surface area contributed by atoms with Crippen molar-refractivity contribution in [3.8, 4) is 0 Å². The zero-order valence-electron chi connectivity index (χ0n) is 17.0. The highest BCUT2D eigenvalue weighted by molar-refractivity contribution is 6.02. The summed E-state index contributed by atoms with van der Waals surface area (Å²) in [6.45, 7) is 3.87. The van der Waals surface area contributed by atoms with Crippen LogP contribution in [0.25, 0.3) is 0 Å². The number of carbonyl (C=O) groups excluding carboxylic acids is 3. The lowest BCUT2D eigenvalue weighted by Crippen LogP contribution is -2.36. The summed E-state index contributed by atoms with van der Waals surface area (Å²) in [5, 5.41) is 2.62. The Balaban J connectivity index is 1.91. The van der Waals surface area contributed by atoms with Crippen LogP contribution in [0, 0.1) is 11.2 Å². The zero-order chi connectivity index (χ0) is 22.1. The summed E-state index contributed by atoms with van der Waals surface area (Å²) >= 11 is 0. The maximum atomic E-state index is 13.3. The van der Waals surface area contributed by atoms with Crippen molar-refractivity contribution >= 4 is 17.7 Å². The minimum absolute atomic E-state index is 0.142. The molecular weight excluding hydrogens is 391 g/mol. The first kappa shape index (κ1) is 21.4. The maximum Gasteiger partial charge on any atom is 0.307 e. The van der Waals surface area contributed by atoms with Gasteiger partial charge in [0, 0.05) is 17.7 Å². The van der Waals surface area contributed by atoms with Gasteiger partial charge in [-0.05, 0) is 35.6 Å². The Morgan fingerprint density at radius 1 is 1.20 bits per heavy atom. The molecule has 1 atom stereocenters. The van der Waals surface area contributed by atoms with Gasteiger partial charge >= 0.3 is 5.97 Å². The molecule has 1 aliphatic rings. The van der Waals surface area contributed by atoms with Crippen LogP contribution in [0.15, 0.2) is 35.1 Å². The van der Waals surface area contributed by atoms with Crippen LogP contribution in [0.3, 0.4) is 0 Å². The third kappa shape index (κ3) is 4.64. The van der Waals surface area contributed by atoms with Crippen LogP contribution in [-0.2, 0) is 16.0 Å². The number of carbonyl (C=O) groups is 3. The number of halogens is 1. The predicted molar refractivity (Wildman–Crippen MR) is 107 cm³/mol. The van der Waals surface area contributed by atoms with Crippen molar-refractivity contribution in [3.05, 3.63) is 68.9 Å². The average Bonchev–Trinajstić information content (AvgIpc) is 2.66. The highest BCUT2D eigenvalue weighted by Crippen LogP contribution is 2.33. The van der Waals surface area contributed by atoms with Gasteiger partial charge in [0.05, 0.1) is 19.6 Å². The number of fused-ring (bicyclic) bond motifs is 1. The smallest absolute Gasteiger partial charge is 0.307 e. The normalized spacial score (nSPS) is 15.8. The number of H-pyrrole nitrogens is 1. The van der Waals surface area contributed by atoms with E-state index < -0.39 is 29.3 Å². The van der Waals surface area contributed by atoms with Gasteiger partial charge < -0.3 is 15.0 Å². The van der Waals surface area contributed by atoms with E-state index >= 15 is 0 Å². The first-order valence-corrected chi connectivity index (χ1v) is 9.52. The molecule has 0 saturated carbocycles. The molecular formula is C22H23FN2O5. The third-order valence-corrected chi connectivity index (χ3v) is 5.14. The number of Topliss-reactive ketones (excluding diaryl/α,β-unsaturated/α-hetero) is 1. The van der Waals surface area contributed by atoms with E-state index in [0.717, 1.165) is 0 Å². The van der Waals surface area contributed by atoms with E-state index in [4.69, 9.17) is 0 Å². The summed E-state index contributed by atoms with van der Waals surface area (Å²) in [5.74, 6) is -1.93. The molecule has 3 rings (SSSR count). The summed E-state index contributed by atoms with van der Waals surface area (Å²) in [6.07, 6.45) is 0.628. The van der Waals surface area contributed by atoms with Crippen LogP contribution in [-0.4, -0.2) is 29.8 Å². The predicted octanol–water partition coefficient (Wildman–Crippen LogP) is 2.70. The number of rotatable bonds is 5. The van der Waals surface area contributed by atoms with Gasteiger partial charge in [0.25, 0.3) is 11.5 Å². The molecule has 0 aliphatic heterocycles. The van der Waals surface area contributed by atoms with Gasteiger partial charge in [-0.25, -0.2) is 4.39 Å². The van der Waals surface area contributed by atoms with Crippen molar-refractivity contribution in [3.63, 3.8) is 0 Å². The summed E-state index contributed by atoms with van der Waals surface area (Å²) in [7, 11) is 1.22. The second-order valence-corrected chi connectivity index (χ2v) is 8.20. The highest BCUT2D eigenvalue weighted by atomic mass is 19.1. The number of nitrogens with one attached hydrogen (secondary N) is 2. The summed E-state index contributed by atoms with van der Waals surface area (Å²) in [5.41, 5.74) is 0.201. The Morgan fingerprint density at radius 3 is 2.50 bits per heavy atom. The monoisotopic (exact) mass is 414 g/mol. The highest BCUT2D eigenvalue weighted by Gasteiger charge is 2.33. The first-order valence-electron chi connectivity index (χ1n) is 9.52. The van der Waals surface area contributed by atoms with Crippen LogP contribution < -0.4 is 10.9 Å². The van der Waals surface area contributed by atoms with E-state index in [2.05, 4.69) is 15.0 Å². The van der Waals surface area contributed by atoms with Crippen LogP contribution >= 0.6 is 0 Å². The van der Waals surface area contributed by atoms with E-state index in [0.29, 0.717) is 29.7 Å². The van der Waals surface area contributed by atoms with Crippen molar-refractivity contribution in [2.24, 2.45) is 5.41 Å². The minimum Gasteiger partial charge on any atom is -0.469 e. The molecule has 1 aliphatic carbocycles. The Kier molecular flexibility index (Phi) is 5.87. The van der Waals surface area contributed by atoms with Crippen molar-refractivity contribution in [1.29, 1.82) is 0 Å². The SMILES string of the molecule is COC(=O)CC(NC(=O)c1cc2c([nH]c1=O)CC(C)(C)CC2=O)c1ccc(F)cc1. The average molecular weight is 414 g/mol. The molecule has 1 heterocycles. The van der Waals surface area contributed by atoms with Gasteiger partial charge in [-0.1, -0.05) is 26.0 Å². The van der Waals surface area contributed by atoms with Crippen LogP contribution in [0.2, 0.25) is 0 Å². The lowest BCUT2D eigenvalue weighted by molar-refractivity contribution is -0.141. The molecule has 1 aromatic heterocycles. The fraction of sp³-hybridized carbons (Fsp3) is 0.364.